The fraction of sp³-hybridized carbons (Fsp3) is 0.190. The normalized spacial score (nSPS) is 12.0. The molecule has 3 rings (SSSR count). The SMILES string of the molecule is COc1ccc2cc([C@H](C)C(=O)Nc3cccc(Cl)c3C)ccc2c1. The van der Waals surface area contributed by atoms with Gasteiger partial charge in [0.05, 0.1) is 13.0 Å². The third-order valence-electron chi connectivity index (χ3n) is 4.49. The molecule has 0 spiro atoms. The van der Waals surface area contributed by atoms with Crippen molar-refractivity contribution in [3.8, 4) is 5.75 Å². The average molecular weight is 354 g/mol. The summed E-state index contributed by atoms with van der Waals surface area (Å²) in [6, 6.07) is 17.5. The molecule has 1 N–H and O–H groups in total. The number of anilines is 1. The summed E-state index contributed by atoms with van der Waals surface area (Å²) in [6.45, 7) is 3.80. The number of ether oxygens (including phenoxy) is 1. The van der Waals surface area contributed by atoms with Crippen LogP contribution in [0.25, 0.3) is 10.8 Å². The fourth-order valence-corrected chi connectivity index (χ4v) is 2.95. The molecule has 0 saturated heterocycles. The second kappa shape index (κ2) is 7.16. The number of nitrogens with one attached hydrogen (secondary N) is 1. The number of benzene rings is 3. The molecule has 3 aromatic rings. The number of rotatable bonds is 4. The number of hydrogen-bond donors (Lipinski definition) is 1. The van der Waals surface area contributed by atoms with E-state index in [1.54, 1.807) is 7.11 Å². The molecule has 0 aliphatic rings. The van der Waals surface area contributed by atoms with Gasteiger partial charge in [-0.05, 0) is 60.0 Å². The molecule has 0 aliphatic carbocycles. The van der Waals surface area contributed by atoms with Crippen molar-refractivity contribution in [2.24, 2.45) is 0 Å². The van der Waals surface area contributed by atoms with Crippen LogP contribution in [0.5, 0.6) is 5.75 Å². The molecule has 0 saturated carbocycles. The standard InChI is InChI=1S/C21H20ClNO2/c1-13(21(24)23-20-6-4-5-19(22)14(20)2)15-7-8-17-12-18(25-3)10-9-16(17)11-15/h4-13H,1-3H3,(H,23,24)/t13-/m0/s1. The van der Waals surface area contributed by atoms with Gasteiger partial charge in [-0.25, -0.2) is 0 Å². The zero-order valence-corrected chi connectivity index (χ0v) is 15.2. The van der Waals surface area contributed by atoms with Crippen LogP contribution >= 0.6 is 11.6 Å². The summed E-state index contributed by atoms with van der Waals surface area (Å²) < 4.78 is 5.25. The Labute approximate surface area is 152 Å². The molecule has 0 aliphatic heterocycles. The second-order valence-corrected chi connectivity index (χ2v) is 6.50. The van der Waals surface area contributed by atoms with E-state index in [0.717, 1.165) is 33.3 Å². The third kappa shape index (κ3) is 3.62. The second-order valence-electron chi connectivity index (χ2n) is 6.10. The lowest BCUT2D eigenvalue weighted by molar-refractivity contribution is -0.117. The Hall–Kier alpha value is -2.52. The van der Waals surface area contributed by atoms with Gasteiger partial charge >= 0.3 is 0 Å². The quantitative estimate of drug-likeness (QED) is 0.667. The van der Waals surface area contributed by atoms with Crippen LogP contribution in [0, 0.1) is 6.92 Å². The summed E-state index contributed by atoms with van der Waals surface area (Å²) in [7, 11) is 1.65. The van der Waals surface area contributed by atoms with Crippen LogP contribution < -0.4 is 10.1 Å². The van der Waals surface area contributed by atoms with Crippen LogP contribution in [0.2, 0.25) is 5.02 Å². The highest BCUT2D eigenvalue weighted by Crippen LogP contribution is 2.27. The smallest absolute Gasteiger partial charge is 0.231 e. The van der Waals surface area contributed by atoms with E-state index < -0.39 is 0 Å². The van der Waals surface area contributed by atoms with Gasteiger partial charge in [0.1, 0.15) is 5.75 Å². The number of hydrogen-bond acceptors (Lipinski definition) is 2. The summed E-state index contributed by atoms with van der Waals surface area (Å²) in [4.78, 5) is 12.6. The summed E-state index contributed by atoms with van der Waals surface area (Å²) in [5.74, 6) is 0.491. The molecule has 3 aromatic carbocycles. The summed E-state index contributed by atoms with van der Waals surface area (Å²) in [5.41, 5.74) is 2.58. The fourth-order valence-electron chi connectivity index (χ4n) is 2.77. The first-order chi connectivity index (χ1) is 12.0. The largest absolute Gasteiger partial charge is 0.497 e. The van der Waals surface area contributed by atoms with Crippen molar-refractivity contribution in [1.82, 2.24) is 0 Å². The number of methoxy groups -OCH3 is 1. The van der Waals surface area contributed by atoms with Gasteiger partial charge in [-0.3, -0.25) is 4.79 Å². The molecule has 3 nitrogen and oxygen atoms in total. The topological polar surface area (TPSA) is 38.3 Å². The molecule has 128 valence electrons. The average Bonchev–Trinajstić information content (AvgIpc) is 2.63. The molecule has 0 unspecified atom stereocenters. The van der Waals surface area contributed by atoms with Crippen molar-refractivity contribution < 1.29 is 9.53 Å². The van der Waals surface area contributed by atoms with Crippen LogP contribution in [0.1, 0.15) is 24.0 Å². The van der Waals surface area contributed by atoms with Crippen LogP contribution in [0.4, 0.5) is 5.69 Å². The van der Waals surface area contributed by atoms with Crippen LogP contribution in [-0.2, 0) is 4.79 Å². The van der Waals surface area contributed by atoms with Gasteiger partial charge < -0.3 is 10.1 Å². The van der Waals surface area contributed by atoms with E-state index in [4.69, 9.17) is 16.3 Å². The van der Waals surface area contributed by atoms with Crippen molar-refractivity contribution in [2.45, 2.75) is 19.8 Å². The number of carbonyl (C=O) groups is 1. The molecule has 0 heterocycles. The van der Waals surface area contributed by atoms with Crippen LogP contribution in [0.15, 0.2) is 54.6 Å². The third-order valence-corrected chi connectivity index (χ3v) is 4.90. The molecular formula is C21H20ClNO2. The highest BCUT2D eigenvalue weighted by molar-refractivity contribution is 6.31. The first kappa shape index (κ1) is 17.3. The van der Waals surface area contributed by atoms with Crippen molar-refractivity contribution >= 4 is 34.0 Å². The first-order valence-corrected chi connectivity index (χ1v) is 8.51. The van der Waals surface area contributed by atoms with E-state index in [1.165, 1.54) is 0 Å². The van der Waals surface area contributed by atoms with E-state index in [9.17, 15) is 4.79 Å². The van der Waals surface area contributed by atoms with Crippen LogP contribution in [-0.4, -0.2) is 13.0 Å². The van der Waals surface area contributed by atoms with Crippen molar-refractivity contribution in [1.29, 1.82) is 0 Å². The Balaban J connectivity index is 1.84. The zero-order chi connectivity index (χ0) is 18.0. The summed E-state index contributed by atoms with van der Waals surface area (Å²) in [6.07, 6.45) is 0. The number of carbonyl (C=O) groups excluding carboxylic acids is 1. The summed E-state index contributed by atoms with van der Waals surface area (Å²) >= 11 is 6.12. The Morgan fingerprint density at radius 2 is 1.80 bits per heavy atom. The van der Waals surface area contributed by atoms with Gasteiger partial charge in [-0.15, -0.1) is 0 Å². The van der Waals surface area contributed by atoms with Crippen molar-refractivity contribution in [2.75, 3.05) is 12.4 Å². The Morgan fingerprint density at radius 1 is 1.08 bits per heavy atom. The van der Waals surface area contributed by atoms with E-state index in [-0.39, 0.29) is 11.8 Å². The molecule has 0 radical (unpaired) electrons. The number of halogens is 1. The lowest BCUT2D eigenvalue weighted by Gasteiger charge is -2.15. The highest BCUT2D eigenvalue weighted by atomic mass is 35.5. The van der Waals surface area contributed by atoms with Gasteiger partial charge in [-0.1, -0.05) is 41.9 Å². The van der Waals surface area contributed by atoms with E-state index >= 15 is 0 Å². The van der Waals surface area contributed by atoms with Gasteiger partial charge in [0, 0.05) is 10.7 Å². The maximum Gasteiger partial charge on any atom is 0.231 e. The minimum absolute atomic E-state index is 0.0572. The molecule has 1 atom stereocenters. The monoisotopic (exact) mass is 353 g/mol. The Kier molecular flexibility index (Phi) is 4.95. The lowest BCUT2D eigenvalue weighted by atomic mass is 9.96. The molecule has 0 bridgehead atoms. The first-order valence-electron chi connectivity index (χ1n) is 8.13. The minimum Gasteiger partial charge on any atom is -0.497 e. The predicted octanol–water partition coefficient (Wildman–Crippen LogP) is 5.55. The maximum atomic E-state index is 12.6. The molecule has 0 fully saturated rings. The molecule has 1 amide bonds. The lowest BCUT2D eigenvalue weighted by Crippen LogP contribution is -2.19. The summed E-state index contributed by atoms with van der Waals surface area (Å²) in [5, 5.41) is 5.78. The molecule has 0 aromatic heterocycles. The molecule has 4 heteroatoms. The van der Waals surface area contributed by atoms with Gasteiger partial charge in [0.15, 0.2) is 0 Å². The van der Waals surface area contributed by atoms with Crippen molar-refractivity contribution in [3.63, 3.8) is 0 Å². The molecule has 25 heavy (non-hydrogen) atoms. The maximum absolute atomic E-state index is 12.6. The predicted molar refractivity (Wildman–Crippen MR) is 104 cm³/mol. The number of fused-ring (bicyclic) bond motifs is 1. The molecular weight excluding hydrogens is 334 g/mol. The Morgan fingerprint density at radius 3 is 2.56 bits per heavy atom. The highest BCUT2D eigenvalue weighted by Gasteiger charge is 2.17. The Bertz CT molecular complexity index is 936. The van der Waals surface area contributed by atoms with Gasteiger partial charge in [-0.2, -0.15) is 0 Å². The van der Waals surface area contributed by atoms with Gasteiger partial charge in [0.2, 0.25) is 5.91 Å². The van der Waals surface area contributed by atoms with Crippen molar-refractivity contribution in [3.05, 3.63) is 70.7 Å². The van der Waals surface area contributed by atoms with E-state index in [0.29, 0.717) is 5.02 Å². The minimum atomic E-state index is -0.273. The van der Waals surface area contributed by atoms with Crippen LogP contribution in [0.3, 0.4) is 0 Å². The zero-order valence-electron chi connectivity index (χ0n) is 14.5. The van der Waals surface area contributed by atoms with E-state index in [1.807, 2.05) is 68.4 Å². The van der Waals surface area contributed by atoms with E-state index in [2.05, 4.69) is 5.32 Å². The van der Waals surface area contributed by atoms with Gasteiger partial charge in [0.25, 0.3) is 0 Å². The number of amides is 1.